The van der Waals surface area contributed by atoms with Crippen molar-refractivity contribution in [2.24, 2.45) is 0 Å². The van der Waals surface area contributed by atoms with Gasteiger partial charge in [0.2, 0.25) is 0 Å². The Hall–Kier alpha value is -4.74. The summed E-state index contributed by atoms with van der Waals surface area (Å²) in [5.41, 5.74) is 4.81. The van der Waals surface area contributed by atoms with Crippen LogP contribution in [0, 0.1) is 0 Å². The molecule has 0 unspecified atom stereocenters. The normalized spacial score (nSPS) is 13.2. The number of hydrogen-bond acceptors (Lipinski definition) is 5. The number of fused-ring (bicyclic) bond motifs is 2. The molecule has 1 aliphatic heterocycles. The van der Waals surface area contributed by atoms with Gasteiger partial charge in [0.1, 0.15) is 11.5 Å². The van der Waals surface area contributed by atoms with Crippen LogP contribution in [-0.2, 0) is 5.41 Å². The Morgan fingerprint density at radius 2 is 1.18 bits per heavy atom. The first kappa shape index (κ1) is 23.4. The van der Waals surface area contributed by atoms with E-state index in [1.807, 2.05) is 60.4 Å². The van der Waals surface area contributed by atoms with Gasteiger partial charge >= 0.3 is 0 Å². The van der Waals surface area contributed by atoms with Gasteiger partial charge < -0.3 is 4.74 Å². The third kappa shape index (κ3) is 4.08. The van der Waals surface area contributed by atoms with Gasteiger partial charge in [-0.1, -0.05) is 78.5 Å². The number of benzene rings is 4. The maximum atomic E-state index is 6.45. The zero-order chi connectivity index (χ0) is 26.1. The van der Waals surface area contributed by atoms with Crippen molar-refractivity contribution in [3.63, 3.8) is 0 Å². The quantitative estimate of drug-likeness (QED) is 0.229. The Balaban J connectivity index is 1.39. The number of pyridine rings is 1. The lowest BCUT2D eigenvalue weighted by Gasteiger charge is -2.40. The van der Waals surface area contributed by atoms with Gasteiger partial charge in [0.15, 0.2) is 5.82 Å². The zero-order valence-electron chi connectivity index (χ0n) is 20.9. The molecule has 4 nitrogen and oxygen atoms in total. The number of ether oxygens (including phenoxy) is 1. The van der Waals surface area contributed by atoms with Crippen molar-refractivity contribution in [2.45, 2.75) is 15.2 Å². The fourth-order valence-corrected chi connectivity index (χ4v) is 6.58. The summed E-state index contributed by atoms with van der Waals surface area (Å²) in [6, 6.07) is 41.5. The summed E-state index contributed by atoms with van der Waals surface area (Å²) < 4.78 is 6.45. The molecule has 0 fully saturated rings. The molecule has 0 N–H and O–H groups in total. The van der Waals surface area contributed by atoms with Crippen LogP contribution >= 0.6 is 11.8 Å². The SMILES string of the molecule is c1ccc(C2(c3cccc(Oc4cccc(-c5ncccn5)c4)c3)c3ccccc3Sc3ccccc32)nc1. The van der Waals surface area contributed by atoms with Gasteiger partial charge in [-0.25, -0.2) is 9.97 Å². The minimum absolute atomic E-state index is 0.598. The Bertz CT molecular complexity index is 1730. The van der Waals surface area contributed by atoms with Crippen LogP contribution in [0.15, 0.2) is 150 Å². The zero-order valence-corrected chi connectivity index (χ0v) is 21.8. The summed E-state index contributed by atoms with van der Waals surface area (Å²) in [5.74, 6) is 2.14. The molecule has 5 heteroatoms. The molecule has 0 radical (unpaired) electrons. The van der Waals surface area contributed by atoms with Crippen LogP contribution in [0.5, 0.6) is 11.5 Å². The highest BCUT2D eigenvalue weighted by Crippen LogP contribution is 2.55. The molecular formula is C34H23N3OS. The number of aromatic nitrogens is 3. The Labute approximate surface area is 231 Å². The Morgan fingerprint density at radius 3 is 1.90 bits per heavy atom. The highest BCUT2D eigenvalue weighted by Gasteiger charge is 2.45. The summed E-state index contributed by atoms with van der Waals surface area (Å²) in [6.45, 7) is 0. The van der Waals surface area contributed by atoms with E-state index in [1.165, 1.54) is 20.9 Å². The molecule has 0 amide bonds. The molecule has 0 saturated carbocycles. The van der Waals surface area contributed by atoms with E-state index < -0.39 is 5.41 Å². The fraction of sp³-hybridized carbons (Fsp3) is 0.0294. The number of rotatable bonds is 5. The van der Waals surface area contributed by atoms with Crippen molar-refractivity contribution in [1.82, 2.24) is 15.0 Å². The predicted molar refractivity (Wildman–Crippen MR) is 154 cm³/mol. The molecule has 0 saturated heterocycles. The second-order valence-corrected chi connectivity index (χ2v) is 10.4. The average Bonchev–Trinajstić information content (AvgIpc) is 3.01. The van der Waals surface area contributed by atoms with E-state index in [0.29, 0.717) is 5.82 Å². The van der Waals surface area contributed by atoms with Gasteiger partial charge in [-0.15, -0.1) is 0 Å². The van der Waals surface area contributed by atoms with E-state index in [4.69, 9.17) is 9.72 Å². The topological polar surface area (TPSA) is 47.9 Å². The van der Waals surface area contributed by atoms with E-state index in [0.717, 1.165) is 28.3 Å². The molecular weight excluding hydrogens is 498 g/mol. The van der Waals surface area contributed by atoms with Crippen LogP contribution in [0.25, 0.3) is 11.4 Å². The second kappa shape index (κ2) is 9.86. The van der Waals surface area contributed by atoms with Crippen LogP contribution in [0.3, 0.4) is 0 Å². The predicted octanol–water partition coefficient (Wildman–Crippen LogP) is 8.18. The summed E-state index contributed by atoms with van der Waals surface area (Å²) in [6.07, 6.45) is 5.37. The van der Waals surface area contributed by atoms with Gasteiger partial charge in [-0.3, -0.25) is 4.98 Å². The average molecular weight is 522 g/mol. The van der Waals surface area contributed by atoms with Gasteiger partial charge in [0.05, 0.1) is 11.1 Å². The lowest BCUT2D eigenvalue weighted by molar-refractivity contribution is 0.481. The van der Waals surface area contributed by atoms with E-state index in [-0.39, 0.29) is 0 Å². The first-order valence-electron chi connectivity index (χ1n) is 12.8. The van der Waals surface area contributed by atoms with Gasteiger partial charge in [0.25, 0.3) is 0 Å². The number of nitrogens with zero attached hydrogens (tertiary/aromatic N) is 3. The minimum Gasteiger partial charge on any atom is -0.457 e. The Morgan fingerprint density at radius 1 is 0.538 bits per heavy atom. The molecule has 7 rings (SSSR count). The summed E-state index contributed by atoms with van der Waals surface area (Å²) in [4.78, 5) is 16.2. The summed E-state index contributed by atoms with van der Waals surface area (Å²) >= 11 is 1.81. The maximum absolute atomic E-state index is 6.45. The van der Waals surface area contributed by atoms with Crippen LogP contribution in [-0.4, -0.2) is 15.0 Å². The third-order valence-electron chi connectivity index (χ3n) is 7.01. The molecule has 3 heterocycles. The van der Waals surface area contributed by atoms with Crippen molar-refractivity contribution < 1.29 is 4.74 Å². The molecule has 0 bridgehead atoms. The monoisotopic (exact) mass is 521 g/mol. The van der Waals surface area contributed by atoms with Crippen molar-refractivity contribution in [2.75, 3.05) is 0 Å². The molecule has 1 aliphatic rings. The second-order valence-electron chi connectivity index (χ2n) is 9.29. The third-order valence-corrected chi connectivity index (χ3v) is 8.16. The van der Waals surface area contributed by atoms with Gasteiger partial charge in [-0.2, -0.15) is 0 Å². The van der Waals surface area contributed by atoms with E-state index in [1.54, 1.807) is 12.4 Å². The lowest BCUT2D eigenvalue weighted by Crippen LogP contribution is -2.34. The molecule has 0 atom stereocenters. The van der Waals surface area contributed by atoms with Crippen molar-refractivity contribution in [3.05, 3.63) is 162 Å². The largest absolute Gasteiger partial charge is 0.457 e. The van der Waals surface area contributed by atoms with E-state index >= 15 is 0 Å². The van der Waals surface area contributed by atoms with Crippen molar-refractivity contribution in [1.29, 1.82) is 0 Å². The van der Waals surface area contributed by atoms with E-state index in [2.05, 4.69) is 88.8 Å². The van der Waals surface area contributed by atoms with Crippen LogP contribution in [0.4, 0.5) is 0 Å². The first-order valence-corrected chi connectivity index (χ1v) is 13.6. The summed E-state index contributed by atoms with van der Waals surface area (Å²) in [7, 11) is 0. The fourth-order valence-electron chi connectivity index (χ4n) is 5.39. The molecule has 0 aliphatic carbocycles. The molecule has 6 aromatic rings. The molecule has 39 heavy (non-hydrogen) atoms. The summed E-state index contributed by atoms with van der Waals surface area (Å²) in [5, 5.41) is 0. The van der Waals surface area contributed by atoms with Crippen LogP contribution in [0.2, 0.25) is 0 Å². The smallest absolute Gasteiger partial charge is 0.159 e. The maximum Gasteiger partial charge on any atom is 0.159 e. The van der Waals surface area contributed by atoms with Gasteiger partial charge in [-0.05, 0) is 71.3 Å². The van der Waals surface area contributed by atoms with Crippen LogP contribution < -0.4 is 4.74 Å². The highest BCUT2D eigenvalue weighted by molar-refractivity contribution is 7.99. The standard InChI is InChI=1S/C34H23N3OS/c1-3-16-30-28(14-1)34(32-18-5-6-19-35-32,29-15-2-4-17-31(29)39-30)25-11-8-13-27(23-25)38-26-12-7-10-24(22-26)33-36-20-9-21-37-33/h1-23H. The van der Waals surface area contributed by atoms with Crippen LogP contribution in [0.1, 0.15) is 22.4 Å². The molecule has 2 aromatic heterocycles. The molecule has 186 valence electrons. The van der Waals surface area contributed by atoms with Crippen molar-refractivity contribution in [3.8, 4) is 22.9 Å². The van der Waals surface area contributed by atoms with E-state index in [9.17, 15) is 0 Å². The number of hydrogen-bond donors (Lipinski definition) is 0. The van der Waals surface area contributed by atoms with Gasteiger partial charge in [0, 0.05) is 33.9 Å². The molecule has 0 spiro atoms. The first-order chi connectivity index (χ1) is 19.3. The Kier molecular flexibility index (Phi) is 5.91. The van der Waals surface area contributed by atoms with Crippen molar-refractivity contribution >= 4 is 11.8 Å². The highest BCUT2D eigenvalue weighted by atomic mass is 32.2. The minimum atomic E-state index is -0.598. The lowest BCUT2D eigenvalue weighted by atomic mass is 9.66. The molecule has 4 aromatic carbocycles.